The summed E-state index contributed by atoms with van der Waals surface area (Å²) in [5, 5.41) is 9.63. The summed E-state index contributed by atoms with van der Waals surface area (Å²) in [4.78, 5) is 0. The van der Waals surface area contributed by atoms with E-state index in [0.29, 0.717) is 11.8 Å². The highest BCUT2D eigenvalue weighted by Crippen LogP contribution is 2.64. The van der Waals surface area contributed by atoms with E-state index in [4.69, 9.17) is 0 Å². The Balaban J connectivity index is 1.72. The zero-order valence-electron chi connectivity index (χ0n) is 11.6. The first-order valence-electron chi connectivity index (χ1n) is 7.41. The van der Waals surface area contributed by atoms with Crippen molar-refractivity contribution >= 4 is 15.9 Å². The summed E-state index contributed by atoms with van der Waals surface area (Å²) in [6.07, 6.45) is 2.52. The lowest BCUT2D eigenvalue weighted by Gasteiger charge is -2.13. The van der Waals surface area contributed by atoms with Gasteiger partial charge in [0, 0.05) is 12.5 Å². The van der Waals surface area contributed by atoms with Crippen LogP contribution in [-0.4, -0.2) is 14.8 Å². The third kappa shape index (κ3) is 1.70. The molecule has 1 aromatic carbocycles. The van der Waals surface area contributed by atoms with Crippen molar-refractivity contribution in [2.45, 2.75) is 43.5 Å². The molecule has 0 N–H and O–H groups in total. The van der Waals surface area contributed by atoms with Crippen LogP contribution in [0, 0.1) is 5.92 Å². The van der Waals surface area contributed by atoms with Gasteiger partial charge in [-0.25, -0.2) is 0 Å². The first-order chi connectivity index (χ1) is 9.85. The van der Waals surface area contributed by atoms with Crippen LogP contribution in [0.1, 0.15) is 48.0 Å². The third-order valence-corrected chi connectivity index (χ3v) is 5.42. The first-order valence-corrected chi connectivity index (χ1v) is 8.53. The fourth-order valence-electron chi connectivity index (χ4n) is 3.96. The SMILES string of the molecule is CCn1c(CBr)nnc1C1C2CCc3ccccc3C21. The predicted octanol–water partition coefficient (Wildman–Crippen LogP) is 3.64. The van der Waals surface area contributed by atoms with Gasteiger partial charge in [0.1, 0.15) is 11.6 Å². The van der Waals surface area contributed by atoms with E-state index in [1.807, 2.05) is 0 Å². The Morgan fingerprint density at radius 1 is 1.25 bits per heavy atom. The van der Waals surface area contributed by atoms with Crippen LogP contribution in [0.25, 0.3) is 0 Å². The van der Waals surface area contributed by atoms with Crippen LogP contribution >= 0.6 is 15.9 Å². The van der Waals surface area contributed by atoms with Gasteiger partial charge in [-0.05, 0) is 42.7 Å². The van der Waals surface area contributed by atoms with Crippen molar-refractivity contribution in [1.29, 1.82) is 0 Å². The molecule has 0 bridgehead atoms. The molecule has 3 nitrogen and oxygen atoms in total. The molecule has 0 saturated heterocycles. The summed E-state index contributed by atoms with van der Waals surface area (Å²) < 4.78 is 2.29. The number of halogens is 1. The normalized spacial score (nSPS) is 27.0. The highest BCUT2D eigenvalue weighted by Gasteiger charge is 2.56. The van der Waals surface area contributed by atoms with E-state index in [9.17, 15) is 0 Å². The Bertz CT molecular complexity index is 649. The molecule has 3 atom stereocenters. The molecule has 1 aromatic heterocycles. The lowest BCUT2D eigenvalue weighted by atomic mass is 9.92. The summed E-state index contributed by atoms with van der Waals surface area (Å²) in [7, 11) is 0. The average Bonchev–Trinajstić information content (AvgIpc) is 3.09. The molecule has 2 aromatic rings. The maximum absolute atomic E-state index is 4.50. The Labute approximate surface area is 127 Å². The number of aromatic nitrogens is 3. The van der Waals surface area contributed by atoms with Gasteiger partial charge in [-0.1, -0.05) is 40.2 Å². The predicted molar refractivity (Wildman–Crippen MR) is 82.1 cm³/mol. The number of alkyl halides is 1. The Morgan fingerprint density at radius 3 is 2.90 bits per heavy atom. The molecule has 1 fully saturated rings. The fraction of sp³-hybridized carbons (Fsp3) is 0.500. The number of fused-ring (bicyclic) bond motifs is 3. The van der Waals surface area contributed by atoms with Gasteiger partial charge in [-0.2, -0.15) is 0 Å². The molecule has 1 heterocycles. The molecule has 0 spiro atoms. The largest absolute Gasteiger partial charge is 0.314 e. The smallest absolute Gasteiger partial charge is 0.143 e. The van der Waals surface area contributed by atoms with Crippen LogP contribution in [0.15, 0.2) is 24.3 Å². The second-order valence-corrected chi connectivity index (χ2v) is 6.37. The van der Waals surface area contributed by atoms with Gasteiger partial charge in [0.05, 0.1) is 5.33 Å². The molecule has 1 saturated carbocycles. The van der Waals surface area contributed by atoms with Crippen LogP contribution in [0.5, 0.6) is 0 Å². The molecule has 0 radical (unpaired) electrons. The van der Waals surface area contributed by atoms with Crippen molar-refractivity contribution in [2.75, 3.05) is 0 Å². The molecule has 3 unspecified atom stereocenters. The topological polar surface area (TPSA) is 30.7 Å². The van der Waals surface area contributed by atoms with E-state index < -0.39 is 0 Å². The summed E-state index contributed by atoms with van der Waals surface area (Å²) in [6.45, 7) is 3.14. The van der Waals surface area contributed by atoms with Crippen molar-refractivity contribution < 1.29 is 0 Å². The zero-order chi connectivity index (χ0) is 13.7. The summed E-state index contributed by atoms with van der Waals surface area (Å²) in [5.41, 5.74) is 3.10. The van der Waals surface area contributed by atoms with Crippen molar-refractivity contribution in [2.24, 2.45) is 5.92 Å². The molecule has 2 aliphatic carbocycles. The number of benzene rings is 1. The van der Waals surface area contributed by atoms with E-state index in [2.05, 4.69) is 61.9 Å². The van der Waals surface area contributed by atoms with Crippen LogP contribution in [0.4, 0.5) is 0 Å². The van der Waals surface area contributed by atoms with Gasteiger partial charge in [-0.15, -0.1) is 10.2 Å². The van der Waals surface area contributed by atoms with Crippen LogP contribution < -0.4 is 0 Å². The Hall–Kier alpha value is -1.16. The highest BCUT2D eigenvalue weighted by atomic mass is 79.9. The van der Waals surface area contributed by atoms with Crippen molar-refractivity contribution in [3.8, 4) is 0 Å². The second-order valence-electron chi connectivity index (χ2n) is 5.81. The zero-order valence-corrected chi connectivity index (χ0v) is 13.2. The maximum atomic E-state index is 4.50. The Kier molecular flexibility index (Phi) is 2.95. The standard InChI is InChI=1S/C16H18BrN3/c1-2-20-13(9-17)18-19-16(20)15-12-8-7-10-5-3-4-6-11(10)14(12)15/h3-6,12,14-15H,2,7-9H2,1H3. The lowest BCUT2D eigenvalue weighted by molar-refractivity contribution is 0.631. The van der Waals surface area contributed by atoms with Gasteiger partial charge < -0.3 is 4.57 Å². The number of rotatable bonds is 3. The summed E-state index contributed by atoms with van der Waals surface area (Å²) in [5.74, 6) is 4.30. The van der Waals surface area contributed by atoms with Crippen molar-refractivity contribution in [3.05, 3.63) is 47.0 Å². The van der Waals surface area contributed by atoms with Gasteiger partial charge in [-0.3, -0.25) is 0 Å². The summed E-state index contributed by atoms with van der Waals surface area (Å²) in [6, 6.07) is 8.93. The Morgan fingerprint density at radius 2 is 2.10 bits per heavy atom. The van der Waals surface area contributed by atoms with E-state index >= 15 is 0 Å². The molecule has 0 amide bonds. The van der Waals surface area contributed by atoms with Gasteiger partial charge in [0.25, 0.3) is 0 Å². The van der Waals surface area contributed by atoms with Crippen LogP contribution in [0.2, 0.25) is 0 Å². The minimum absolute atomic E-state index is 0.582. The number of aryl methyl sites for hydroxylation is 1. The molecule has 104 valence electrons. The lowest BCUT2D eigenvalue weighted by Crippen LogP contribution is -2.04. The van der Waals surface area contributed by atoms with E-state index in [-0.39, 0.29) is 0 Å². The molecular weight excluding hydrogens is 314 g/mol. The molecular formula is C16H18BrN3. The van der Waals surface area contributed by atoms with Crippen LogP contribution in [0.3, 0.4) is 0 Å². The molecule has 4 heteroatoms. The molecule has 2 aliphatic rings. The first kappa shape index (κ1) is 12.6. The highest BCUT2D eigenvalue weighted by molar-refractivity contribution is 9.08. The average molecular weight is 332 g/mol. The number of hydrogen-bond donors (Lipinski definition) is 0. The number of nitrogens with zero attached hydrogens (tertiary/aromatic N) is 3. The van der Waals surface area contributed by atoms with Gasteiger partial charge in [0.15, 0.2) is 0 Å². The monoisotopic (exact) mass is 331 g/mol. The molecule has 0 aliphatic heterocycles. The number of hydrogen-bond acceptors (Lipinski definition) is 2. The molecule has 4 rings (SSSR count). The van der Waals surface area contributed by atoms with E-state index in [1.54, 1.807) is 11.1 Å². The quantitative estimate of drug-likeness (QED) is 0.804. The second kappa shape index (κ2) is 4.69. The molecule has 20 heavy (non-hydrogen) atoms. The van der Waals surface area contributed by atoms with Crippen LogP contribution in [-0.2, 0) is 18.3 Å². The van der Waals surface area contributed by atoms with Gasteiger partial charge in [0.2, 0.25) is 0 Å². The minimum Gasteiger partial charge on any atom is -0.314 e. The van der Waals surface area contributed by atoms with E-state index in [1.165, 1.54) is 18.7 Å². The third-order valence-electron chi connectivity index (χ3n) is 4.92. The fourth-order valence-corrected chi connectivity index (χ4v) is 4.37. The van der Waals surface area contributed by atoms with Crippen molar-refractivity contribution in [1.82, 2.24) is 14.8 Å². The summed E-state index contributed by atoms with van der Waals surface area (Å²) >= 11 is 3.51. The van der Waals surface area contributed by atoms with E-state index in [0.717, 1.165) is 23.6 Å². The van der Waals surface area contributed by atoms with Crippen molar-refractivity contribution in [3.63, 3.8) is 0 Å². The maximum Gasteiger partial charge on any atom is 0.143 e. The minimum atomic E-state index is 0.582. The van der Waals surface area contributed by atoms with Gasteiger partial charge >= 0.3 is 0 Å².